The molecule has 1 heterocycles. The Labute approximate surface area is 170 Å². The van der Waals surface area contributed by atoms with Crippen molar-refractivity contribution in [2.75, 3.05) is 13.2 Å². The number of aliphatic carboxylic acids is 1. The molecule has 29 heavy (non-hydrogen) atoms. The molecule has 2 aromatic carbocycles. The minimum atomic E-state index is -0.920. The summed E-state index contributed by atoms with van der Waals surface area (Å²) >= 11 is 0. The lowest BCUT2D eigenvalue weighted by Gasteiger charge is -2.19. The highest BCUT2D eigenvalue weighted by atomic mass is 16.5. The normalized spacial score (nSPS) is 11.2. The van der Waals surface area contributed by atoms with E-state index in [0.29, 0.717) is 12.4 Å². The quantitative estimate of drug-likeness (QED) is 0.492. The van der Waals surface area contributed by atoms with E-state index in [1.54, 1.807) is 20.0 Å². The van der Waals surface area contributed by atoms with Crippen LogP contribution in [-0.2, 0) is 11.2 Å². The van der Waals surface area contributed by atoms with E-state index in [1.165, 1.54) is 0 Å². The second-order valence-electron chi connectivity index (χ2n) is 7.57. The molecule has 0 fully saturated rings. The standard InChI is InChI=1S/C23H26N2O4/c1-23(2,22(26)27)16-29-20-7-3-5-17(15-20)6-4-14-28-19-10-8-18(9-11-19)21-12-13-24-25-21/h3,5,7-13,15H,4,6,14,16H2,1-2H3,(H,24,25)(H,26,27). The van der Waals surface area contributed by atoms with Crippen LogP contribution in [0.2, 0.25) is 0 Å². The summed E-state index contributed by atoms with van der Waals surface area (Å²) in [6, 6.07) is 17.6. The van der Waals surface area contributed by atoms with Gasteiger partial charge in [-0.2, -0.15) is 5.10 Å². The number of ether oxygens (including phenoxy) is 2. The van der Waals surface area contributed by atoms with Gasteiger partial charge in [0, 0.05) is 6.20 Å². The molecular formula is C23H26N2O4. The Bertz CT molecular complexity index is 918. The summed E-state index contributed by atoms with van der Waals surface area (Å²) in [6.45, 7) is 4.04. The van der Waals surface area contributed by atoms with Crippen LogP contribution in [-0.4, -0.2) is 34.5 Å². The highest BCUT2D eigenvalue weighted by Crippen LogP contribution is 2.22. The predicted molar refractivity (Wildman–Crippen MR) is 111 cm³/mol. The summed E-state index contributed by atoms with van der Waals surface area (Å²) in [5.74, 6) is 0.650. The van der Waals surface area contributed by atoms with Crippen LogP contribution >= 0.6 is 0 Å². The van der Waals surface area contributed by atoms with Gasteiger partial charge in [-0.3, -0.25) is 9.89 Å². The minimum absolute atomic E-state index is 0.128. The number of carbonyl (C=O) groups is 1. The Hall–Kier alpha value is -3.28. The van der Waals surface area contributed by atoms with Crippen LogP contribution < -0.4 is 9.47 Å². The summed E-state index contributed by atoms with van der Waals surface area (Å²) in [6.07, 6.45) is 3.45. The number of nitrogens with one attached hydrogen (secondary N) is 1. The molecule has 1 aromatic heterocycles. The van der Waals surface area contributed by atoms with Gasteiger partial charge >= 0.3 is 5.97 Å². The number of aromatic nitrogens is 2. The average Bonchev–Trinajstić information content (AvgIpc) is 3.25. The van der Waals surface area contributed by atoms with E-state index in [2.05, 4.69) is 10.2 Å². The molecule has 3 aromatic rings. The van der Waals surface area contributed by atoms with E-state index in [1.807, 2.05) is 54.6 Å². The number of carboxylic acid groups (broad SMARTS) is 1. The zero-order valence-electron chi connectivity index (χ0n) is 16.7. The Kier molecular flexibility index (Phi) is 6.54. The van der Waals surface area contributed by atoms with Crippen molar-refractivity contribution in [2.24, 2.45) is 5.41 Å². The molecule has 6 nitrogen and oxygen atoms in total. The highest BCUT2D eigenvalue weighted by molar-refractivity contribution is 5.73. The van der Waals surface area contributed by atoms with Crippen molar-refractivity contribution in [3.05, 3.63) is 66.4 Å². The zero-order valence-corrected chi connectivity index (χ0v) is 16.7. The molecule has 3 rings (SSSR count). The van der Waals surface area contributed by atoms with Crippen LogP contribution in [0, 0.1) is 5.41 Å². The second kappa shape index (κ2) is 9.28. The number of rotatable bonds is 10. The molecule has 0 saturated carbocycles. The molecule has 0 spiro atoms. The molecule has 0 bridgehead atoms. The largest absolute Gasteiger partial charge is 0.494 e. The number of benzene rings is 2. The zero-order chi connectivity index (χ0) is 20.7. The maximum absolute atomic E-state index is 11.2. The van der Waals surface area contributed by atoms with E-state index in [-0.39, 0.29) is 6.61 Å². The fraction of sp³-hybridized carbons (Fsp3) is 0.304. The van der Waals surface area contributed by atoms with Gasteiger partial charge in [0.1, 0.15) is 18.1 Å². The molecule has 0 aliphatic heterocycles. The maximum Gasteiger partial charge on any atom is 0.312 e. The molecule has 0 aliphatic carbocycles. The van der Waals surface area contributed by atoms with Crippen molar-refractivity contribution in [1.29, 1.82) is 0 Å². The molecule has 0 radical (unpaired) electrons. The first-order valence-electron chi connectivity index (χ1n) is 9.62. The number of hydrogen-bond acceptors (Lipinski definition) is 4. The fourth-order valence-corrected chi connectivity index (χ4v) is 2.73. The number of nitrogens with zero attached hydrogens (tertiary/aromatic N) is 1. The summed E-state index contributed by atoms with van der Waals surface area (Å²) in [5, 5.41) is 16.1. The van der Waals surface area contributed by atoms with Crippen molar-refractivity contribution < 1.29 is 19.4 Å². The second-order valence-corrected chi connectivity index (χ2v) is 7.57. The summed E-state index contributed by atoms with van der Waals surface area (Å²) in [5.41, 5.74) is 2.26. The van der Waals surface area contributed by atoms with Gasteiger partial charge in [-0.15, -0.1) is 0 Å². The fourth-order valence-electron chi connectivity index (χ4n) is 2.73. The third-order valence-electron chi connectivity index (χ3n) is 4.62. The first-order chi connectivity index (χ1) is 13.9. The van der Waals surface area contributed by atoms with Crippen molar-refractivity contribution in [3.63, 3.8) is 0 Å². The first-order valence-corrected chi connectivity index (χ1v) is 9.62. The van der Waals surface area contributed by atoms with Gasteiger partial charge in [0.15, 0.2) is 0 Å². The van der Waals surface area contributed by atoms with E-state index in [9.17, 15) is 9.90 Å². The van der Waals surface area contributed by atoms with Gasteiger partial charge in [-0.25, -0.2) is 0 Å². The molecule has 0 saturated heterocycles. The van der Waals surface area contributed by atoms with Crippen molar-refractivity contribution in [1.82, 2.24) is 10.2 Å². The summed E-state index contributed by atoms with van der Waals surface area (Å²) in [4.78, 5) is 11.2. The lowest BCUT2D eigenvalue weighted by atomic mass is 9.95. The lowest BCUT2D eigenvalue weighted by Crippen LogP contribution is -2.30. The highest BCUT2D eigenvalue weighted by Gasteiger charge is 2.28. The van der Waals surface area contributed by atoms with Gasteiger partial charge < -0.3 is 14.6 Å². The molecule has 2 N–H and O–H groups in total. The average molecular weight is 394 g/mol. The molecule has 0 atom stereocenters. The Balaban J connectivity index is 1.44. The lowest BCUT2D eigenvalue weighted by molar-refractivity contribution is -0.148. The molecule has 0 aliphatic rings. The van der Waals surface area contributed by atoms with Crippen LogP contribution in [0.3, 0.4) is 0 Å². The molecule has 0 amide bonds. The Morgan fingerprint density at radius 2 is 1.86 bits per heavy atom. The molecule has 6 heteroatoms. The van der Waals surface area contributed by atoms with Crippen LogP contribution in [0.25, 0.3) is 11.3 Å². The third kappa shape index (κ3) is 5.85. The molecular weight excluding hydrogens is 368 g/mol. The van der Waals surface area contributed by atoms with Gasteiger partial charge in [0.25, 0.3) is 0 Å². The Morgan fingerprint density at radius 1 is 1.07 bits per heavy atom. The van der Waals surface area contributed by atoms with Crippen LogP contribution in [0.5, 0.6) is 11.5 Å². The van der Waals surface area contributed by atoms with E-state index < -0.39 is 11.4 Å². The number of aromatic amines is 1. The van der Waals surface area contributed by atoms with Gasteiger partial charge in [-0.05, 0) is 80.3 Å². The first kappa shape index (κ1) is 20.5. The van der Waals surface area contributed by atoms with Crippen molar-refractivity contribution in [3.8, 4) is 22.8 Å². The topological polar surface area (TPSA) is 84.4 Å². The molecule has 0 unspecified atom stereocenters. The van der Waals surface area contributed by atoms with Crippen LogP contribution in [0.1, 0.15) is 25.8 Å². The monoisotopic (exact) mass is 394 g/mol. The van der Waals surface area contributed by atoms with Gasteiger partial charge in [0.05, 0.1) is 17.7 Å². The van der Waals surface area contributed by atoms with Crippen LogP contribution in [0.4, 0.5) is 0 Å². The van der Waals surface area contributed by atoms with Crippen molar-refractivity contribution >= 4 is 5.97 Å². The van der Waals surface area contributed by atoms with Crippen molar-refractivity contribution in [2.45, 2.75) is 26.7 Å². The smallest absolute Gasteiger partial charge is 0.312 e. The van der Waals surface area contributed by atoms with Gasteiger partial charge in [0.2, 0.25) is 0 Å². The summed E-state index contributed by atoms with van der Waals surface area (Å²) < 4.78 is 11.5. The number of carboxylic acids is 1. The van der Waals surface area contributed by atoms with E-state index in [0.717, 1.165) is 35.4 Å². The number of H-pyrrole nitrogens is 1. The van der Waals surface area contributed by atoms with Gasteiger partial charge in [-0.1, -0.05) is 12.1 Å². The van der Waals surface area contributed by atoms with Crippen LogP contribution in [0.15, 0.2) is 60.8 Å². The minimum Gasteiger partial charge on any atom is -0.494 e. The SMILES string of the molecule is CC(C)(COc1cccc(CCCOc2ccc(-c3ccn[nH]3)cc2)c1)C(=O)O. The van der Waals surface area contributed by atoms with E-state index in [4.69, 9.17) is 9.47 Å². The third-order valence-corrected chi connectivity index (χ3v) is 4.62. The predicted octanol–water partition coefficient (Wildman–Crippen LogP) is 4.58. The Morgan fingerprint density at radius 3 is 2.55 bits per heavy atom. The summed E-state index contributed by atoms with van der Waals surface area (Å²) in [7, 11) is 0. The van der Waals surface area contributed by atoms with E-state index >= 15 is 0 Å². The number of hydrogen-bond donors (Lipinski definition) is 2. The number of aryl methyl sites for hydroxylation is 1. The molecule has 152 valence electrons. The maximum atomic E-state index is 11.2.